The van der Waals surface area contributed by atoms with E-state index >= 15 is 0 Å². The Morgan fingerprint density at radius 2 is 2.03 bits per heavy atom. The van der Waals surface area contributed by atoms with E-state index in [1.54, 1.807) is 6.20 Å². The molecule has 2 amide bonds. The smallest absolute Gasteiger partial charge is 0.273 e. The number of carbonyl (C=O) groups excluding carboxylic acids is 2. The first-order chi connectivity index (χ1) is 16.7. The lowest BCUT2D eigenvalue weighted by atomic mass is 9.97. The first-order valence-electron chi connectivity index (χ1n) is 11.8. The summed E-state index contributed by atoms with van der Waals surface area (Å²) in [5.74, 6) is -0.955. The van der Waals surface area contributed by atoms with E-state index in [1.165, 1.54) is 6.07 Å². The van der Waals surface area contributed by atoms with Crippen LogP contribution in [0.1, 0.15) is 33.0 Å². The van der Waals surface area contributed by atoms with E-state index in [4.69, 9.17) is 4.11 Å². The third kappa shape index (κ3) is 3.62. The summed E-state index contributed by atoms with van der Waals surface area (Å²) in [5.41, 5.74) is 4.40. The van der Waals surface area contributed by atoms with Crippen molar-refractivity contribution in [3.63, 3.8) is 0 Å². The lowest BCUT2D eigenvalue weighted by molar-refractivity contribution is -0.117. The minimum Gasteiger partial charge on any atom is -0.368 e. The first-order valence-corrected chi connectivity index (χ1v) is 10.3. The Kier molecular flexibility index (Phi) is 4.12. The molecule has 5 rings (SSSR count). The fourth-order valence-electron chi connectivity index (χ4n) is 3.88. The number of nitrogens with zero attached hydrogens (tertiary/aromatic N) is 4. The summed E-state index contributed by atoms with van der Waals surface area (Å²) in [5, 5.41) is 15.7. The molecule has 0 unspecified atom stereocenters. The number of aromatic nitrogens is 3. The molecule has 0 spiro atoms. The Hall–Kier alpha value is -4.01. The molecule has 9 heteroatoms. The molecule has 1 aromatic carbocycles. The highest BCUT2D eigenvalue weighted by atomic mass is 16.2. The Labute approximate surface area is 189 Å². The van der Waals surface area contributed by atoms with Crippen LogP contribution in [0, 0.1) is 5.92 Å². The molecule has 2 aromatic heterocycles. The molecule has 0 saturated heterocycles. The molecule has 3 heterocycles. The van der Waals surface area contributed by atoms with E-state index in [-0.39, 0.29) is 29.0 Å². The zero-order valence-corrected chi connectivity index (χ0v) is 17.3. The molecule has 3 aromatic rings. The number of benzene rings is 1. The minimum atomic E-state index is -2.70. The number of carbonyl (C=O) groups is 2. The number of nitrogens with one attached hydrogen (secondary N) is 3. The Balaban J connectivity index is 1.55. The van der Waals surface area contributed by atoms with E-state index in [0.29, 0.717) is 12.2 Å². The molecule has 162 valence electrons. The molecule has 9 nitrogen and oxygen atoms in total. The topological polar surface area (TPSA) is 112 Å². The van der Waals surface area contributed by atoms with Crippen LogP contribution in [-0.2, 0) is 11.3 Å². The largest absolute Gasteiger partial charge is 0.368 e. The summed E-state index contributed by atoms with van der Waals surface area (Å²) in [6.07, 6.45) is 3.38. The van der Waals surface area contributed by atoms with E-state index in [2.05, 4.69) is 30.7 Å². The number of anilines is 4. The third-order valence-electron chi connectivity index (χ3n) is 5.56. The van der Waals surface area contributed by atoms with Crippen molar-refractivity contribution in [2.75, 3.05) is 29.6 Å². The van der Waals surface area contributed by atoms with Crippen LogP contribution in [0.4, 0.5) is 22.9 Å². The van der Waals surface area contributed by atoms with Gasteiger partial charge in [-0.3, -0.25) is 14.6 Å². The number of para-hydroxylation sites is 1. The van der Waals surface area contributed by atoms with Crippen molar-refractivity contribution in [3.8, 4) is 11.3 Å². The molecular formula is C23H23N7O2. The standard InChI is InChI=1S/C23H23N7O2/c1-24-23(32)20-17(11-18(28-29-20)27-22(31)13-8-9-13)26-16-7-3-6-15-19-14(5-4-10-25-19)12-30(2)21(15)16/h3-7,10-11,13H,8-9,12H2,1-2H3,(H,24,32)(H2,26,27,28,31)/i1D3. The predicted molar refractivity (Wildman–Crippen MR) is 122 cm³/mol. The van der Waals surface area contributed by atoms with Gasteiger partial charge in [0.15, 0.2) is 11.5 Å². The average Bonchev–Trinajstić information content (AvgIpc) is 3.64. The van der Waals surface area contributed by atoms with Gasteiger partial charge in [0.05, 0.1) is 22.8 Å². The van der Waals surface area contributed by atoms with Crippen molar-refractivity contribution in [1.82, 2.24) is 20.5 Å². The lowest BCUT2D eigenvalue weighted by Gasteiger charge is -2.31. The number of pyridine rings is 1. The maximum absolute atomic E-state index is 12.7. The predicted octanol–water partition coefficient (Wildman–Crippen LogP) is 2.94. The Bertz CT molecular complexity index is 1320. The van der Waals surface area contributed by atoms with Crippen molar-refractivity contribution in [2.24, 2.45) is 5.92 Å². The summed E-state index contributed by atoms with van der Waals surface area (Å²) < 4.78 is 22.1. The van der Waals surface area contributed by atoms with Crippen LogP contribution >= 0.6 is 0 Å². The molecule has 1 fully saturated rings. The molecule has 0 atom stereocenters. The first kappa shape index (κ1) is 16.7. The number of amides is 2. The Morgan fingerprint density at radius 1 is 1.16 bits per heavy atom. The maximum atomic E-state index is 12.7. The van der Waals surface area contributed by atoms with E-state index in [0.717, 1.165) is 35.3 Å². The molecule has 1 aliphatic carbocycles. The van der Waals surface area contributed by atoms with Crippen LogP contribution in [-0.4, -0.2) is 41.0 Å². The van der Waals surface area contributed by atoms with Crippen molar-refractivity contribution in [3.05, 3.63) is 53.9 Å². The zero-order valence-electron chi connectivity index (χ0n) is 20.3. The van der Waals surface area contributed by atoms with Gasteiger partial charge in [-0.15, -0.1) is 10.2 Å². The van der Waals surface area contributed by atoms with Gasteiger partial charge in [-0.05, 0) is 30.5 Å². The van der Waals surface area contributed by atoms with Gasteiger partial charge in [0.1, 0.15) is 0 Å². The lowest BCUT2D eigenvalue weighted by Crippen LogP contribution is -2.24. The summed E-state index contributed by atoms with van der Waals surface area (Å²) in [6, 6.07) is 11.1. The summed E-state index contributed by atoms with van der Waals surface area (Å²) in [6.45, 7) is -2.06. The summed E-state index contributed by atoms with van der Waals surface area (Å²) >= 11 is 0. The van der Waals surface area contributed by atoms with Gasteiger partial charge < -0.3 is 20.9 Å². The average molecular weight is 433 g/mol. The third-order valence-corrected chi connectivity index (χ3v) is 5.56. The van der Waals surface area contributed by atoms with Crippen LogP contribution in [0.25, 0.3) is 11.3 Å². The van der Waals surface area contributed by atoms with Crippen molar-refractivity contribution in [2.45, 2.75) is 19.4 Å². The van der Waals surface area contributed by atoms with Gasteiger partial charge in [0.2, 0.25) is 5.91 Å². The fourth-order valence-corrected chi connectivity index (χ4v) is 3.88. The van der Waals surface area contributed by atoms with Crippen molar-refractivity contribution in [1.29, 1.82) is 0 Å². The van der Waals surface area contributed by atoms with Crippen molar-refractivity contribution >= 4 is 34.7 Å². The van der Waals surface area contributed by atoms with Crippen LogP contribution < -0.4 is 20.9 Å². The summed E-state index contributed by atoms with van der Waals surface area (Å²) in [4.78, 5) is 31.6. The summed E-state index contributed by atoms with van der Waals surface area (Å²) in [7, 11) is 1.95. The normalized spacial score (nSPS) is 16.0. The molecule has 3 N–H and O–H groups in total. The monoisotopic (exact) mass is 432 g/mol. The molecule has 1 aliphatic heterocycles. The van der Waals surface area contributed by atoms with E-state index in [9.17, 15) is 9.59 Å². The van der Waals surface area contributed by atoms with Gasteiger partial charge >= 0.3 is 0 Å². The highest BCUT2D eigenvalue weighted by Crippen LogP contribution is 2.43. The highest BCUT2D eigenvalue weighted by Gasteiger charge is 2.30. The highest BCUT2D eigenvalue weighted by molar-refractivity contribution is 6.01. The maximum Gasteiger partial charge on any atom is 0.273 e. The molecule has 2 aliphatic rings. The Morgan fingerprint density at radius 3 is 2.84 bits per heavy atom. The van der Waals surface area contributed by atoms with Gasteiger partial charge in [0, 0.05) is 48.4 Å². The SMILES string of the molecule is [2H]C([2H])([2H])NC(=O)c1nnc(NC(=O)C2CC2)cc1Nc1cccc2c1N(C)Cc1cccnc1-2. The minimum absolute atomic E-state index is 0.0471. The number of hydrogen-bond acceptors (Lipinski definition) is 7. The second-order valence-electron chi connectivity index (χ2n) is 7.90. The van der Waals surface area contributed by atoms with E-state index < -0.39 is 12.9 Å². The van der Waals surface area contributed by atoms with Crippen LogP contribution in [0.15, 0.2) is 42.6 Å². The molecule has 0 radical (unpaired) electrons. The second-order valence-corrected chi connectivity index (χ2v) is 7.90. The van der Waals surface area contributed by atoms with Gasteiger partial charge in [0.25, 0.3) is 5.91 Å². The zero-order chi connectivity index (χ0) is 24.7. The van der Waals surface area contributed by atoms with Gasteiger partial charge in [-0.2, -0.15) is 0 Å². The molecule has 1 saturated carbocycles. The van der Waals surface area contributed by atoms with E-state index in [1.807, 2.05) is 42.7 Å². The van der Waals surface area contributed by atoms with Gasteiger partial charge in [-0.1, -0.05) is 18.2 Å². The van der Waals surface area contributed by atoms with Crippen molar-refractivity contribution < 1.29 is 13.7 Å². The van der Waals surface area contributed by atoms with Crippen LogP contribution in [0.5, 0.6) is 0 Å². The van der Waals surface area contributed by atoms with Gasteiger partial charge in [-0.25, -0.2) is 0 Å². The van der Waals surface area contributed by atoms with Crippen LogP contribution in [0.2, 0.25) is 0 Å². The molecule has 32 heavy (non-hydrogen) atoms. The number of rotatable bonds is 5. The quantitative estimate of drug-likeness (QED) is 0.568. The number of fused-ring (bicyclic) bond motifs is 3. The molecular weight excluding hydrogens is 406 g/mol. The fraction of sp³-hybridized carbons (Fsp3) is 0.261. The molecule has 0 bridgehead atoms. The van der Waals surface area contributed by atoms with Crippen LogP contribution in [0.3, 0.4) is 0 Å². The second kappa shape index (κ2) is 7.92. The number of hydrogen-bond donors (Lipinski definition) is 3.